The Balaban J connectivity index is 0.000000482. The lowest BCUT2D eigenvalue weighted by Crippen LogP contribution is -2.71. The van der Waals surface area contributed by atoms with E-state index >= 15 is 0 Å². The van der Waals surface area contributed by atoms with Crippen molar-refractivity contribution in [3.63, 3.8) is 0 Å². The van der Waals surface area contributed by atoms with Crippen molar-refractivity contribution in [3.05, 3.63) is 34.7 Å². The number of aliphatic hydroxyl groups is 1. The predicted molar refractivity (Wildman–Crippen MR) is 165 cm³/mol. The first-order chi connectivity index (χ1) is 21.9. The summed E-state index contributed by atoms with van der Waals surface area (Å²) in [6.07, 6.45) is 3.52. The van der Waals surface area contributed by atoms with Crippen LogP contribution >= 0.6 is 0 Å². The van der Waals surface area contributed by atoms with Crippen LogP contribution in [0.5, 0.6) is 0 Å². The monoisotopic (exact) mass is 648 g/mol. The van der Waals surface area contributed by atoms with Gasteiger partial charge in [-0.3, -0.25) is 23.7 Å². The maximum atomic E-state index is 14.0. The number of hydrogen-bond donors (Lipinski definition) is 5. The number of rotatable bonds is 4. The number of aliphatic hydroxyl groups excluding tert-OH is 1. The second-order valence-corrected chi connectivity index (χ2v) is 12.2. The van der Waals surface area contributed by atoms with Gasteiger partial charge < -0.3 is 35.5 Å². The number of hydrogen-bond acceptors (Lipinski definition) is 10. The molecule has 2 aliphatic carbocycles. The Morgan fingerprint density at radius 2 is 1.50 bits per heavy atom. The summed E-state index contributed by atoms with van der Waals surface area (Å²) in [7, 11) is 2.15. The highest BCUT2D eigenvalue weighted by atomic mass is 19.3. The molecule has 2 aliphatic heterocycles. The Kier molecular flexibility index (Phi) is 10.7. The lowest BCUT2D eigenvalue weighted by molar-refractivity contribution is -0.123. The van der Waals surface area contributed by atoms with E-state index in [4.69, 9.17) is 34.7 Å². The SMILES string of the molecule is CN1CC2(C1)CN(c1ccc3c(c1)c(=O)n([C@H]1CC[C@H](O)CC1)c1nc(NC4CC(F)(F)C4)ncc31)C2.O=CO.O=CO.O=CO. The van der Waals surface area contributed by atoms with E-state index in [0.29, 0.717) is 42.1 Å². The van der Waals surface area contributed by atoms with Gasteiger partial charge in [-0.25, -0.2) is 13.8 Å². The highest BCUT2D eigenvalue weighted by Crippen LogP contribution is 2.42. The lowest BCUT2D eigenvalue weighted by atomic mass is 9.73. The summed E-state index contributed by atoms with van der Waals surface area (Å²) in [5, 5.41) is 36.0. The van der Waals surface area contributed by atoms with Gasteiger partial charge in [0.05, 0.1) is 11.5 Å². The van der Waals surface area contributed by atoms with E-state index in [1.807, 2.05) is 12.1 Å². The highest BCUT2D eigenvalue weighted by Gasteiger charge is 2.50. The Hall–Kier alpha value is -4.44. The van der Waals surface area contributed by atoms with Gasteiger partial charge in [-0.1, -0.05) is 6.07 Å². The normalized spacial score (nSPS) is 22.7. The summed E-state index contributed by atoms with van der Waals surface area (Å²) in [4.78, 5) is 52.9. The van der Waals surface area contributed by atoms with E-state index in [2.05, 4.69) is 33.2 Å². The summed E-state index contributed by atoms with van der Waals surface area (Å²) in [5.41, 5.74) is 1.87. The number of alkyl halides is 2. The number of carbonyl (C=O) groups is 3. The zero-order chi connectivity index (χ0) is 33.6. The van der Waals surface area contributed by atoms with Crippen LogP contribution in [0.3, 0.4) is 0 Å². The molecule has 14 nitrogen and oxygen atoms in total. The third kappa shape index (κ3) is 7.33. The van der Waals surface area contributed by atoms with E-state index in [-0.39, 0.29) is 62.0 Å². The first-order valence-electron chi connectivity index (χ1n) is 14.8. The molecule has 7 rings (SSSR count). The summed E-state index contributed by atoms with van der Waals surface area (Å²) in [6.45, 7) is 3.50. The van der Waals surface area contributed by atoms with Crippen LogP contribution in [0.25, 0.3) is 21.8 Å². The van der Waals surface area contributed by atoms with E-state index in [0.717, 1.165) is 42.6 Å². The van der Waals surface area contributed by atoms with Crippen LogP contribution in [-0.2, 0) is 14.4 Å². The van der Waals surface area contributed by atoms with Crippen molar-refractivity contribution >= 4 is 52.9 Å². The molecule has 0 unspecified atom stereocenters. The van der Waals surface area contributed by atoms with Crippen LogP contribution in [0.1, 0.15) is 44.6 Å². The number of fused-ring (bicyclic) bond motifs is 3. The average Bonchev–Trinajstić information content (AvgIpc) is 2.95. The van der Waals surface area contributed by atoms with Gasteiger partial charge in [-0.05, 0) is 50.2 Å². The van der Waals surface area contributed by atoms with Crippen molar-refractivity contribution in [3.8, 4) is 0 Å². The summed E-state index contributed by atoms with van der Waals surface area (Å²) in [5.74, 6) is -2.37. The number of nitrogens with zero attached hydrogens (tertiary/aromatic N) is 5. The molecule has 0 bridgehead atoms. The first kappa shape index (κ1) is 34.4. The minimum atomic E-state index is -2.64. The topological polar surface area (TPSA) is 198 Å². The van der Waals surface area contributed by atoms with Gasteiger partial charge in [0.1, 0.15) is 5.65 Å². The quantitative estimate of drug-likeness (QED) is 0.204. The third-order valence-electron chi connectivity index (χ3n) is 8.82. The lowest BCUT2D eigenvalue weighted by Gasteiger charge is -2.60. The van der Waals surface area contributed by atoms with E-state index in [1.165, 1.54) is 0 Å². The molecule has 1 spiro atoms. The predicted octanol–water partition coefficient (Wildman–Crippen LogP) is 2.48. The highest BCUT2D eigenvalue weighted by molar-refractivity contribution is 6.05. The fourth-order valence-electron chi connectivity index (χ4n) is 7.03. The summed E-state index contributed by atoms with van der Waals surface area (Å²) in [6, 6.07) is 5.60. The Labute approximate surface area is 262 Å². The molecule has 5 N–H and O–H groups in total. The molecule has 4 aliphatic rings. The van der Waals surface area contributed by atoms with Crippen LogP contribution in [0.15, 0.2) is 29.2 Å². The standard InChI is InChI=1S/C27H32F2N6O2.3CH2O2/c1-33-12-26(13-33)14-34(15-26)18-4-7-20-21(8-18)24(37)35(17-2-5-19(36)6-3-17)23-22(20)11-30-25(32-23)31-16-9-27(28,29)10-16;3*2-1-3/h4,7-8,11,16-17,19,36H,2-3,5-6,9-10,12-15H2,1H3,(H,30,31,32);3*1H,(H,2,3)/t17-,19-;;;. The van der Waals surface area contributed by atoms with Gasteiger partial charge >= 0.3 is 0 Å². The van der Waals surface area contributed by atoms with Gasteiger partial charge in [-0.2, -0.15) is 4.98 Å². The van der Waals surface area contributed by atoms with Crippen molar-refractivity contribution in [1.29, 1.82) is 0 Å². The van der Waals surface area contributed by atoms with Crippen molar-refractivity contribution in [2.24, 2.45) is 5.41 Å². The number of anilines is 2. The maximum Gasteiger partial charge on any atom is 0.290 e. The van der Waals surface area contributed by atoms with Crippen LogP contribution in [0.2, 0.25) is 0 Å². The van der Waals surface area contributed by atoms with Crippen LogP contribution in [-0.4, -0.2) is 111 Å². The molecule has 0 amide bonds. The molecule has 0 atom stereocenters. The maximum absolute atomic E-state index is 14.0. The smallest absolute Gasteiger partial charge is 0.290 e. The second kappa shape index (κ2) is 14.3. The van der Waals surface area contributed by atoms with Crippen LogP contribution < -0.4 is 15.8 Å². The zero-order valence-corrected chi connectivity index (χ0v) is 25.3. The number of benzene rings is 1. The number of aromatic nitrogens is 3. The van der Waals surface area contributed by atoms with Gasteiger partial charge in [-0.15, -0.1) is 0 Å². The molecule has 46 heavy (non-hydrogen) atoms. The summed E-state index contributed by atoms with van der Waals surface area (Å²) < 4.78 is 28.5. The molecule has 4 fully saturated rings. The average molecular weight is 649 g/mol. The number of pyridine rings is 1. The Morgan fingerprint density at radius 3 is 2.04 bits per heavy atom. The van der Waals surface area contributed by atoms with E-state index in [1.54, 1.807) is 10.8 Å². The molecule has 1 aromatic carbocycles. The van der Waals surface area contributed by atoms with E-state index in [9.17, 15) is 18.7 Å². The van der Waals surface area contributed by atoms with Gasteiger partial charge in [0.15, 0.2) is 0 Å². The zero-order valence-electron chi connectivity index (χ0n) is 25.3. The van der Waals surface area contributed by atoms with Crippen LogP contribution in [0.4, 0.5) is 20.4 Å². The van der Waals surface area contributed by atoms with Gasteiger partial charge in [0.25, 0.3) is 30.9 Å². The molecule has 2 saturated carbocycles. The number of likely N-dealkylation sites (tertiary alicyclic amines) is 1. The molecule has 2 saturated heterocycles. The minimum absolute atomic E-state index is 0.0833. The van der Waals surface area contributed by atoms with Crippen molar-refractivity contribution in [1.82, 2.24) is 19.4 Å². The fraction of sp³-hybridized carbons (Fsp3) is 0.533. The third-order valence-corrected chi connectivity index (χ3v) is 8.82. The molecule has 0 radical (unpaired) electrons. The molecule has 250 valence electrons. The molecule has 2 aromatic heterocycles. The molecular formula is C30H38F2N6O8. The number of nitrogens with one attached hydrogen (secondary N) is 1. The molecule has 3 aromatic rings. The minimum Gasteiger partial charge on any atom is -0.483 e. The van der Waals surface area contributed by atoms with Gasteiger partial charge in [0.2, 0.25) is 5.95 Å². The Bertz CT molecular complexity index is 1580. The largest absolute Gasteiger partial charge is 0.483 e. The van der Waals surface area contributed by atoms with Gasteiger partial charge in [0, 0.05) is 73.8 Å². The Morgan fingerprint density at radius 1 is 0.913 bits per heavy atom. The number of carboxylic acid groups (broad SMARTS) is 3. The first-order valence-corrected chi connectivity index (χ1v) is 14.8. The van der Waals surface area contributed by atoms with Crippen LogP contribution in [0, 0.1) is 5.41 Å². The van der Waals surface area contributed by atoms with Crippen molar-refractivity contribution in [2.75, 3.05) is 43.4 Å². The molecular weight excluding hydrogens is 610 g/mol. The fourth-order valence-corrected chi connectivity index (χ4v) is 7.03. The molecule has 4 heterocycles. The molecule has 16 heteroatoms. The van der Waals surface area contributed by atoms with Crippen molar-refractivity contribution < 1.29 is 43.6 Å². The summed E-state index contributed by atoms with van der Waals surface area (Å²) >= 11 is 0. The van der Waals surface area contributed by atoms with Crippen molar-refractivity contribution in [2.45, 2.75) is 62.6 Å². The number of halogens is 2. The second-order valence-electron chi connectivity index (χ2n) is 12.2. The van der Waals surface area contributed by atoms with E-state index < -0.39 is 5.92 Å².